The van der Waals surface area contributed by atoms with E-state index in [1.54, 1.807) is 0 Å². The van der Waals surface area contributed by atoms with Crippen LogP contribution in [0.5, 0.6) is 0 Å². The molecule has 21 heavy (non-hydrogen) atoms. The number of aliphatic carboxylic acids is 1. The first-order valence-electron chi connectivity index (χ1n) is 8.34. The van der Waals surface area contributed by atoms with Crippen LogP contribution in [0.4, 0.5) is 0 Å². The van der Waals surface area contributed by atoms with Gasteiger partial charge in [-0.2, -0.15) is 0 Å². The Hall–Kier alpha value is -1.31. The van der Waals surface area contributed by atoms with Crippen LogP contribution in [0.1, 0.15) is 57.9 Å². The predicted octanol–water partition coefficient (Wildman–Crippen LogP) is 4.93. The van der Waals surface area contributed by atoms with Gasteiger partial charge < -0.3 is 5.11 Å². The van der Waals surface area contributed by atoms with E-state index in [2.05, 4.69) is 38.1 Å². The van der Waals surface area contributed by atoms with Crippen molar-refractivity contribution >= 4 is 5.97 Å². The number of carboxylic acid groups (broad SMARTS) is 1. The molecule has 3 unspecified atom stereocenters. The Morgan fingerprint density at radius 3 is 2.62 bits per heavy atom. The minimum absolute atomic E-state index is 0.0680. The highest BCUT2D eigenvalue weighted by Crippen LogP contribution is 2.51. The van der Waals surface area contributed by atoms with E-state index in [1.165, 1.54) is 24.8 Å². The van der Waals surface area contributed by atoms with Gasteiger partial charge in [-0.25, -0.2) is 0 Å². The SMILES string of the molecule is CCCC1CCCC(C)C1(CC(=O)O)Cc1ccccc1. The topological polar surface area (TPSA) is 37.3 Å². The summed E-state index contributed by atoms with van der Waals surface area (Å²) in [5, 5.41) is 9.51. The molecule has 1 aliphatic rings. The molecular weight excluding hydrogens is 260 g/mol. The first-order valence-corrected chi connectivity index (χ1v) is 8.34. The van der Waals surface area contributed by atoms with Crippen molar-refractivity contribution in [3.63, 3.8) is 0 Å². The van der Waals surface area contributed by atoms with Gasteiger partial charge in [-0.1, -0.05) is 69.9 Å². The molecule has 0 heterocycles. The quantitative estimate of drug-likeness (QED) is 0.806. The molecule has 0 saturated heterocycles. The summed E-state index contributed by atoms with van der Waals surface area (Å²) in [6.45, 7) is 4.49. The van der Waals surface area contributed by atoms with Gasteiger partial charge in [0.05, 0.1) is 6.42 Å². The number of rotatable bonds is 6. The van der Waals surface area contributed by atoms with Gasteiger partial charge >= 0.3 is 5.97 Å². The Morgan fingerprint density at radius 2 is 2.00 bits per heavy atom. The maximum absolute atomic E-state index is 11.6. The van der Waals surface area contributed by atoms with Crippen molar-refractivity contribution in [3.05, 3.63) is 35.9 Å². The van der Waals surface area contributed by atoms with Gasteiger partial charge in [0.15, 0.2) is 0 Å². The van der Waals surface area contributed by atoms with Gasteiger partial charge in [-0.3, -0.25) is 4.79 Å². The Bertz CT molecular complexity index is 452. The van der Waals surface area contributed by atoms with Crippen LogP contribution in [0.2, 0.25) is 0 Å². The molecule has 2 rings (SSSR count). The van der Waals surface area contributed by atoms with Crippen molar-refractivity contribution in [2.24, 2.45) is 17.3 Å². The highest BCUT2D eigenvalue weighted by molar-refractivity contribution is 5.68. The smallest absolute Gasteiger partial charge is 0.303 e. The second kappa shape index (κ2) is 7.11. The molecule has 0 aromatic heterocycles. The highest BCUT2D eigenvalue weighted by Gasteiger charge is 2.46. The van der Waals surface area contributed by atoms with Gasteiger partial charge in [0.25, 0.3) is 0 Å². The molecule has 0 aliphatic heterocycles. The molecule has 116 valence electrons. The molecular formula is C19H28O2. The van der Waals surface area contributed by atoms with E-state index in [0.29, 0.717) is 18.3 Å². The standard InChI is InChI=1S/C19H28O2/c1-3-8-17-12-7-9-15(2)19(17,14-18(20)21)13-16-10-5-4-6-11-16/h4-6,10-11,15,17H,3,7-9,12-14H2,1-2H3,(H,20,21). The summed E-state index contributed by atoms with van der Waals surface area (Å²) in [4.78, 5) is 11.6. The van der Waals surface area contributed by atoms with Crippen LogP contribution in [0.25, 0.3) is 0 Å². The van der Waals surface area contributed by atoms with Crippen molar-refractivity contribution < 1.29 is 9.90 Å². The average Bonchev–Trinajstić information content (AvgIpc) is 2.45. The minimum atomic E-state index is -0.638. The van der Waals surface area contributed by atoms with Crippen molar-refractivity contribution in [1.29, 1.82) is 0 Å². The Labute approximate surface area is 128 Å². The number of hydrogen-bond donors (Lipinski definition) is 1. The van der Waals surface area contributed by atoms with Crippen molar-refractivity contribution in [1.82, 2.24) is 0 Å². The van der Waals surface area contributed by atoms with Gasteiger partial charge in [0.2, 0.25) is 0 Å². The largest absolute Gasteiger partial charge is 0.481 e. The van der Waals surface area contributed by atoms with Crippen LogP contribution >= 0.6 is 0 Å². The van der Waals surface area contributed by atoms with Gasteiger partial charge in [0, 0.05) is 0 Å². The molecule has 1 aromatic carbocycles. The van der Waals surface area contributed by atoms with Crippen LogP contribution in [-0.2, 0) is 11.2 Å². The highest BCUT2D eigenvalue weighted by atomic mass is 16.4. The second-order valence-corrected chi connectivity index (χ2v) is 6.78. The summed E-state index contributed by atoms with van der Waals surface area (Å²) in [7, 11) is 0. The molecule has 2 nitrogen and oxygen atoms in total. The van der Waals surface area contributed by atoms with Crippen LogP contribution in [0.3, 0.4) is 0 Å². The number of benzene rings is 1. The number of carboxylic acids is 1. The Kier molecular flexibility index (Phi) is 5.44. The zero-order valence-electron chi connectivity index (χ0n) is 13.3. The number of carbonyl (C=O) groups is 1. The molecule has 1 fully saturated rings. The third-order valence-electron chi connectivity index (χ3n) is 5.48. The van der Waals surface area contributed by atoms with E-state index in [9.17, 15) is 9.90 Å². The normalized spacial score (nSPS) is 29.2. The lowest BCUT2D eigenvalue weighted by atomic mass is 9.55. The number of hydrogen-bond acceptors (Lipinski definition) is 1. The molecule has 1 saturated carbocycles. The van der Waals surface area contributed by atoms with Crippen molar-refractivity contribution in [3.8, 4) is 0 Å². The van der Waals surface area contributed by atoms with Gasteiger partial charge in [0.1, 0.15) is 0 Å². The zero-order valence-corrected chi connectivity index (χ0v) is 13.3. The maximum atomic E-state index is 11.6. The molecule has 3 atom stereocenters. The summed E-state index contributed by atoms with van der Waals surface area (Å²) in [6, 6.07) is 10.4. The van der Waals surface area contributed by atoms with E-state index in [4.69, 9.17) is 0 Å². The van der Waals surface area contributed by atoms with Crippen LogP contribution < -0.4 is 0 Å². The first-order chi connectivity index (χ1) is 10.1. The Balaban J connectivity index is 2.34. The zero-order chi connectivity index (χ0) is 15.3. The van der Waals surface area contributed by atoms with Crippen LogP contribution in [0.15, 0.2) is 30.3 Å². The molecule has 0 amide bonds. The van der Waals surface area contributed by atoms with E-state index in [-0.39, 0.29) is 5.41 Å². The summed E-state index contributed by atoms with van der Waals surface area (Å²) in [5.41, 5.74) is 1.22. The van der Waals surface area contributed by atoms with E-state index in [0.717, 1.165) is 19.3 Å². The molecule has 0 radical (unpaired) electrons. The van der Waals surface area contributed by atoms with Crippen molar-refractivity contribution in [2.45, 2.75) is 58.8 Å². The lowest BCUT2D eigenvalue weighted by Gasteiger charge is -2.48. The van der Waals surface area contributed by atoms with Crippen LogP contribution in [-0.4, -0.2) is 11.1 Å². The monoisotopic (exact) mass is 288 g/mol. The maximum Gasteiger partial charge on any atom is 0.303 e. The molecule has 1 aromatic rings. The predicted molar refractivity (Wildman–Crippen MR) is 86.2 cm³/mol. The molecule has 1 N–H and O–H groups in total. The van der Waals surface area contributed by atoms with Crippen molar-refractivity contribution in [2.75, 3.05) is 0 Å². The summed E-state index contributed by atoms with van der Waals surface area (Å²) < 4.78 is 0. The van der Waals surface area contributed by atoms with Gasteiger partial charge in [-0.15, -0.1) is 0 Å². The van der Waals surface area contributed by atoms with E-state index < -0.39 is 5.97 Å². The lowest BCUT2D eigenvalue weighted by Crippen LogP contribution is -2.43. The summed E-state index contributed by atoms with van der Waals surface area (Å²) >= 11 is 0. The third kappa shape index (κ3) is 3.66. The second-order valence-electron chi connectivity index (χ2n) is 6.78. The fourth-order valence-corrected chi connectivity index (χ4v) is 4.39. The van der Waals surface area contributed by atoms with Crippen LogP contribution in [0, 0.1) is 17.3 Å². The van der Waals surface area contributed by atoms with E-state index >= 15 is 0 Å². The summed E-state index contributed by atoms with van der Waals surface area (Å²) in [6.07, 6.45) is 7.14. The van der Waals surface area contributed by atoms with E-state index in [1.807, 2.05) is 6.07 Å². The fraction of sp³-hybridized carbons (Fsp3) is 0.632. The minimum Gasteiger partial charge on any atom is -0.481 e. The third-order valence-corrected chi connectivity index (χ3v) is 5.48. The molecule has 2 heteroatoms. The summed E-state index contributed by atoms with van der Waals surface area (Å²) in [5.74, 6) is 0.391. The van der Waals surface area contributed by atoms with Gasteiger partial charge in [-0.05, 0) is 35.7 Å². The molecule has 0 bridgehead atoms. The molecule has 1 aliphatic carbocycles. The first kappa shape index (κ1) is 16.1. The average molecular weight is 288 g/mol. The fourth-order valence-electron chi connectivity index (χ4n) is 4.39. The Morgan fingerprint density at radius 1 is 1.29 bits per heavy atom. The molecule has 0 spiro atoms. The lowest BCUT2D eigenvalue weighted by molar-refractivity contribution is -0.143.